The van der Waals surface area contributed by atoms with Crippen LogP contribution in [0.2, 0.25) is 0 Å². The van der Waals surface area contributed by atoms with E-state index in [0.29, 0.717) is 36.2 Å². The molecule has 19 nitrogen and oxygen atoms in total. The molecule has 0 fully saturated rings. The van der Waals surface area contributed by atoms with Crippen LogP contribution in [-0.4, -0.2) is 124 Å². The van der Waals surface area contributed by atoms with E-state index < -0.39 is 77.7 Å². The van der Waals surface area contributed by atoms with E-state index in [1.807, 2.05) is 59.5 Å². The maximum absolute atomic E-state index is 14.6. The van der Waals surface area contributed by atoms with Crippen LogP contribution in [0, 0.1) is 11.8 Å². The number of hydrogen-bond donors (Lipinski definition) is 10. The molecule has 6 rings (SSSR count). The van der Waals surface area contributed by atoms with Crippen molar-refractivity contribution >= 4 is 63.3 Å². The van der Waals surface area contributed by atoms with E-state index in [4.69, 9.17) is 11.5 Å². The third-order valence-electron chi connectivity index (χ3n) is 11.7. The molecule has 3 aromatic carbocycles. The van der Waals surface area contributed by atoms with Gasteiger partial charge in [0.25, 0.3) is 5.91 Å². The highest BCUT2D eigenvalue weighted by molar-refractivity contribution is 5.97. The lowest BCUT2D eigenvalue weighted by molar-refractivity contribution is -0.134. The summed E-state index contributed by atoms with van der Waals surface area (Å²) in [5.41, 5.74) is 17.8. The van der Waals surface area contributed by atoms with Crippen molar-refractivity contribution in [2.24, 2.45) is 11.5 Å². The van der Waals surface area contributed by atoms with Crippen LogP contribution in [0.5, 0.6) is 0 Å². The Hall–Kier alpha value is -7.95. The second kappa shape index (κ2) is 24.2. The highest BCUT2D eigenvalue weighted by atomic mass is 16.2. The first-order valence-electron chi connectivity index (χ1n) is 22.8. The second-order valence-corrected chi connectivity index (χ2v) is 17.0. The van der Waals surface area contributed by atoms with Crippen molar-refractivity contribution in [2.75, 3.05) is 26.2 Å². The number of nitrogens with zero attached hydrogens (tertiary/aromatic N) is 2. The number of carbonyl (C=O) groups is 7. The molecule has 0 saturated carbocycles. The molecule has 0 bridgehead atoms. The molecule has 0 unspecified atom stereocenters. The highest BCUT2D eigenvalue weighted by Crippen LogP contribution is 2.21. The minimum atomic E-state index is -1.31. The summed E-state index contributed by atoms with van der Waals surface area (Å²) in [7, 11) is 0. The fraction of sp³-hybridized carbons (Fsp3) is 0.340. The van der Waals surface area contributed by atoms with Gasteiger partial charge < -0.3 is 48.0 Å². The van der Waals surface area contributed by atoms with E-state index >= 15 is 0 Å². The van der Waals surface area contributed by atoms with Gasteiger partial charge in [-0.15, -0.1) is 6.58 Å². The van der Waals surface area contributed by atoms with Crippen molar-refractivity contribution in [3.05, 3.63) is 121 Å². The molecule has 19 heteroatoms. The van der Waals surface area contributed by atoms with Gasteiger partial charge in [0.05, 0.1) is 12.6 Å². The lowest BCUT2D eigenvalue weighted by atomic mass is 10.0. The molecule has 0 aliphatic carbocycles. The average Bonchev–Trinajstić information content (AvgIpc) is 3.94. The van der Waals surface area contributed by atoms with Crippen LogP contribution in [0.4, 0.5) is 4.79 Å². The number of aromatic amines is 2. The predicted octanol–water partition coefficient (Wildman–Crippen LogP) is 1.17. The summed E-state index contributed by atoms with van der Waals surface area (Å²) in [4.78, 5) is 105. The van der Waals surface area contributed by atoms with Crippen LogP contribution < -0.4 is 43.5 Å². The summed E-state index contributed by atoms with van der Waals surface area (Å²) in [6.45, 7) is 7.38. The maximum Gasteiger partial charge on any atom is 0.337 e. The Labute approximate surface area is 399 Å². The number of nitrogens with one attached hydrogen (secondary N) is 8. The zero-order valence-corrected chi connectivity index (χ0v) is 38.7. The molecule has 3 heterocycles. The summed E-state index contributed by atoms with van der Waals surface area (Å²) < 4.78 is 0. The predicted molar refractivity (Wildman–Crippen MR) is 261 cm³/mol. The van der Waals surface area contributed by atoms with Gasteiger partial charge in [0.1, 0.15) is 36.8 Å². The first kappa shape index (κ1) is 50.5. The number of carbonyl (C=O) groups excluding carboxylic acids is 7. The fourth-order valence-electron chi connectivity index (χ4n) is 7.89. The Morgan fingerprint density at radius 2 is 1.28 bits per heavy atom. The van der Waals surface area contributed by atoms with E-state index in [2.05, 4.69) is 60.4 Å². The molecule has 69 heavy (non-hydrogen) atoms. The summed E-state index contributed by atoms with van der Waals surface area (Å²) in [5, 5.41) is 16.3. The van der Waals surface area contributed by atoms with Gasteiger partial charge in [-0.3, -0.25) is 39.1 Å². The number of fused-ring (bicyclic) bond motifs is 2. The number of para-hydroxylation sites is 2. The van der Waals surface area contributed by atoms with E-state index in [0.717, 1.165) is 26.8 Å². The van der Waals surface area contributed by atoms with Crippen LogP contribution >= 0.6 is 0 Å². The molecule has 5 aromatic rings. The summed E-state index contributed by atoms with van der Waals surface area (Å²) >= 11 is 0. The van der Waals surface area contributed by atoms with Crippen molar-refractivity contribution in [2.45, 2.75) is 82.2 Å². The van der Waals surface area contributed by atoms with Gasteiger partial charge in [0, 0.05) is 60.0 Å². The zero-order chi connectivity index (χ0) is 49.5. The highest BCUT2D eigenvalue weighted by Gasteiger charge is 2.33. The van der Waals surface area contributed by atoms with Gasteiger partial charge in [0.2, 0.25) is 29.5 Å². The van der Waals surface area contributed by atoms with Crippen LogP contribution in [0.25, 0.3) is 21.8 Å². The molecule has 1 aliphatic heterocycles. The maximum atomic E-state index is 14.6. The number of nitrogens with two attached hydrogens (primary N) is 2. The van der Waals surface area contributed by atoms with Crippen molar-refractivity contribution in [1.29, 1.82) is 0 Å². The number of rotatable bonds is 11. The van der Waals surface area contributed by atoms with Crippen LogP contribution in [0.3, 0.4) is 0 Å². The quantitative estimate of drug-likeness (QED) is 0.0671. The van der Waals surface area contributed by atoms with Crippen molar-refractivity contribution in [3.8, 4) is 11.8 Å². The van der Waals surface area contributed by atoms with Crippen molar-refractivity contribution in [1.82, 2.24) is 51.9 Å². The number of primary amides is 1. The Balaban J connectivity index is 1.36. The van der Waals surface area contributed by atoms with Crippen LogP contribution in [0.1, 0.15) is 43.4 Å². The van der Waals surface area contributed by atoms with E-state index in [-0.39, 0.29) is 38.8 Å². The Morgan fingerprint density at radius 1 is 0.739 bits per heavy atom. The van der Waals surface area contributed by atoms with E-state index in [9.17, 15) is 33.6 Å². The number of hydrogen-bond acceptors (Lipinski definition) is 9. The van der Waals surface area contributed by atoms with Gasteiger partial charge >= 0.3 is 6.03 Å². The van der Waals surface area contributed by atoms with Crippen molar-refractivity contribution in [3.63, 3.8) is 0 Å². The first-order chi connectivity index (χ1) is 33.2. The molecule has 1 aliphatic rings. The average molecular weight is 941 g/mol. The standard InChI is InChI=1S/C50H60N12O7/c1-4-22-61-23-12-13-25-62(60-45(64)31(2)51)50(69)59-43(28-35-30-54-39-20-11-9-18-37(35)39)47(66)55-32(3)46(65)57-42(27-34-29-53-38-19-10-8-17-36(34)38)49(68)58-41(26-33-15-6-5-7-16-33)48(67)56-40(44(52)63)21-14-24-61/h4-11,15-20,29-32,40-43,53-54H,1,14,21-28,51H2,2-3H3,(H2,52,63)(H,55,66)(H,56,67)(H,57,65)(H,58,68)(H,59,69)(H,60,64)/t31-,32-,40-,41+,42-,43+/m0/s1. The minimum Gasteiger partial charge on any atom is -0.368 e. The first-order valence-corrected chi connectivity index (χ1v) is 22.8. The largest absolute Gasteiger partial charge is 0.368 e. The molecule has 2 aromatic heterocycles. The molecule has 0 saturated heterocycles. The molecular weight excluding hydrogens is 881 g/mol. The molecule has 0 radical (unpaired) electrons. The van der Waals surface area contributed by atoms with Gasteiger partial charge in [-0.05, 0) is 62.1 Å². The van der Waals surface area contributed by atoms with E-state index in [1.165, 1.54) is 13.8 Å². The summed E-state index contributed by atoms with van der Waals surface area (Å²) in [6.07, 6.45) is 5.62. The number of hydrazine groups is 1. The van der Waals surface area contributed by atoms with Gasteiger partial charge in [-0.2, -0.15) is 0 Å². The van der Waals surface area contributed by atoms with Crippen LogP contribution in [-0.2, 0) is 48.0 Å². The molecular formula is C50H60N12O7. The SMILES string of the molecule is C=CCN1CC#CCN(NC(=O)[C@H](C)N)C(=O)N[C@H](Cc2c[nH]c3ccccc23)C(=O)N[C@@H](C)C(=O)N[C@@H](Cc2c[nH]c3ccccc23)C(=O)N[C@H](Cc2ccccc2)C(=O)N[C@H](C(N)=O)CCC1. The normalized spacial score (nSPS) is 21.3. The lowest BCUT2D eigenvalue weighted by Crippen LogP contribution is -2.60. The number of aromatic nitrogens is 2. The zero-order valence-electron chi connectivity index (χ0n) is 38.7. The Kier molecular flexibility index (Phi) is 17.7. The Bertz CT molecular complexity index is 2700. The molecule has 362 valence electrons. The number of amides is 8. The number of benzene rings is 3. The summed E-state index contributed by atoms with van der Waals surface area (Å²) in [6, 6.07) is 15.8. The molecule has 6 atom stereocenters. The summed E-state index contributed by atoms with van der Waals surface area (Å²) in [5.74, 6) is 1.56. The topological polar surface area (TPSA) is 282 Å². The minimum absolute atomic E-state index is 0.0296. The van der Waals surface area contributed by atoms with Gasteiger partial charge in [-0.25, -0.2) is 9.80 Å². The third kappa shape index (κ3) is 14.0. The lowest BCUT2D eigenvalue weighted by Gasteiger charge is -2.27. The molecule has 0 spiro atoms. The van der Waals surface area contributed by atoms with Gasteiger partial charge in [0.15, 0.2) is 0 Å². The van der Waals surface area contributed by atoms with Crippen molar-refractivity contribution < 1.29 is 33.6 Å². The number of urea groups is 1. The van der Waals surface area contributed by atoms with E-state index in [1.54, 1.807) is 42.7 Å². The Morgan fingerprint density at radius 3 is 1.88 bits per heavy atom. The smallest absolute Gasteiger partial charge is 0.337 e. The van der Waals surface area contributed by atoms with Crippen LogP contribution in [0.15, 0.2) is 104 Å². The number of H-pyrrole nitrogens is 2. The molecule has 8 amide bonds. The monoisotopic (exact) mass is 940 g/mol. The second-order valence-electron chi connectivity index (χ2n) is 17.0. The molecule has 12 N–H and O–H groups in total. The third-order valence-corrected chi connectivity index (χ3v) is 11.7. The fourth-order valence-corrected chi connectivity index (χ4v) is 7.89. The van der Waals surface area contributed by atoms with Gasteiger partial charge in [-0.1, -0.05) is 84.6 Å².